The van der Waals surface area contributed by atoms with Crippen molar-refractivity contribution in [3.8, 4) is 0 Å². The number of aromatic amines is 1. The quantitative estimate of drug-likeness (QED) is 0.316. The summed E-state index contributed by atoms with van der Waals surface area (Å²) in [5.41, 5.74) is 0. The van der Waals surface area contributed by atoms with Crippen LogP contribution in [-0.4, -0.2) is 19.8 Å². The van der Waals surface area contributed by atoms with Gasteiger partial charge in [-0.15, -0.1) is 0 Å². The van der Waals surface area contributed by atoms with Crippen LogP contribution in [0, 0.1) is 20.2 Å². The monoisotopic (exact) mass is 198 g/mol. The van der Waals surface area contributed by atoms with Crippen molar-refractivity contribution in [3.05, 3.63) is 26.4 Å². The molecule has 0 fully saturated rings. The molecule has 0 bridgehead atoms. The summed E-state index contributed by atoms with van der Waals surface area (Å²) in [6.45, 7) is 0. The fraction of sp³-hybridized carbons (Fsp3) is 0. The summed E-state index contributed by atoms with van der Waals surface area (Å²) in [6.07, 6.45) is 0.790. The van der Waals surface area contributed by atoms with Gasteiger partial charge >= 0.3 is 63.2 Å². The van der Waals surface area contributed by atoms with Gasteiger partial charge in [0.1, 0.15) is 0 Å². The molecule has 8 nitrogen and oxygen atoms in total. The number of hydrogen-bond donors (Lipinski definition) is 1. The molecule has 12 heavy (non-hydrogen) atoms. The van der Waals surface area contributed by atoms with E-state index in [0.717, 1.165) is 6.20 Å². The molecule has 0 unspecified atom stereocenters. The molecule has 0 saturated heterocycles. The van der Waals surface area contributed by atoms with Gasteiger partial charge in [-0.05, 0) is 9.85 Å². The molecular formula is C3H3KN4O4. The maximum Gasteiger partial charge on any atom is 1.00 e. The third kappa shape index (κ3) is 2.60. The van der Waals surface area contributed by atoms with Crippen molar-refractivity contribution in [1.29, 1.82) is 0 Å². The van der Waals surface area contributed by atoms with Crippen molar-refractivity contribution in [2.45, 2.75) is 0 Å². The molecule has 1 aromatic heterocycles. The summed E-state index contributed by atoms with van der Waals surface area (Å²) in [7, 11) is 0. The third-order valence-electron chi connectivity index (χ3n) is 0.919. The van der Waals surface area contributed by atoms with E-state index >= 15 is 0 Å². The average molecular weight is 198 g/mol. The van der Waals surface area contributed by atoms with Gasteiger partial charge in [-0.1, -0.05) is 4.98 Å². The Balaban J connectivity index is 0. The largest absolute Gasteiger partial charge is 1.00 e. The van der Waals surface area contributed by atoms with E-state index in [1.807, 2.05) is 4.98 Å². The fourth-order valence-corrected chi connectivity index (χ4v) is 0.487. The Morgan fingerprint density at radius 1 is 1.42 bits per heavy atom. The average Bonchev–Trinajstić information content (AvgIpc) is 2.33. The van der Waals surface area contributed by atoms with Gasteiger partial charge in [-0.2, -0.15) is 4.98 Å². The molecule has 0 aromatic carbocycles. The molecule has 0 aliphatic carbocycles. The van der Waals surface area contributed by atoms with Gasteiger partial charge in [0.25, 0.3) is 0 Å². The Labute approximate surface area is 110 Å². The molecule has 1 N–H and O–H groups in total. The third-order valence-corrected chi connectivity index (χ3v) is 0.919. The minimum absolute atomic E-state index is 0. The molecule has 0 aliphatic rings. The van der Waals surface area contributed by atoms with Gasteiger partial charge in [0.15, 0.2) is 6.20 Å². The second kappa shape index (κ2) is 4.62. The number of imidazole rings is 1. The molecule has 9 heteroatoms. The van der Waals surface area contributed by atoms with Crippen molar-refractivity contribution in [3.63, 3.8) is 0 Å². The Hall–Kier alpha value is -0.354. The van der Waals surface area contributed by atoms with E-state index in [2.05, 4.69) is 4.98 Å². The van der Waals surface area contributed by atoms with Gasteiger partial charge < -0.3 is 21.7 Å². The van der Waals surface area contributed by atoms with Gasteiger partial charge in [-0.25, -0.2) is 0 Å². The number of H-pyrrole nitrogens is 1. The predicted molar refractivity (Wildman–Crippen MR) is 33.0 cm³/mol. The van der Waals surface area contributed by atoms with Crippen LogP contribution in [-0.2, 0) is 0 Å². The van der Waals surface area contributed by atoms with E-state index in [1.54, 1.807) is 0 Å². The van der Waals surface area contributed by atoms with E-state index in [9.17, 15) is 20.2 Å². The summed E-state index contributed by atoms with van der Waals surface area (Å²) in [4.78, 5) is 23.3. The molecule has 0 radical (unpaired) electrons. The van der Waals surface area contributed by atoms with Crippen molar-refractivity contribution >= 4 is 11.8 Å². The van der Waals surface area contributed by atoms with Crippen molar-refractivity contribution < 1.29 is 62.7 Å². The topological polar surface area (TPSA) is 115 Å². The molecule has 0 spiro atoms. The predicted octanol–water partition coefficient (Wildman–Crippen LogP) is -2.66. The molecule has 60 valence electrons. The maximum absolute atomic E-state index is 9.95. The van der Waals surface area contributed by atoms with E-state index < -0.39 is 21.6 Å². The summed E-state index contributed by atoms with van der Waals surface area (Å²) in [5, 5.41) is 19.9. The second-order valence-electron chi connectivity index (χ2n) is 1.61. The van der Waals surface area contributed by atoms with Crippen LogP contribution in [0.5, 0.6) is 0 Å². The molecule has 1 heterocycles. The van der Waals surface area contributed by atoms with Crippen LogP contribution in [0.25, 0.3) is 0 Å². The zero-order valence-electron chi connectivity index (χ0n) is 7.05. The van der Waals surface area contributed by atoms with Crippen LogP contribution in [0.3, 0.4) is 0 Å². The minimum atomic E-state index is -0.840. The minimum Gasteiger partial charge on any atom is -1.00 e. The van der Waals surface area contributed by atoms with E-state index in [0.29, 0.717) is 0 Å². The number of nitrogens with zero attached hydrogens (tertiary/aromatic N) is 3. The van der Waals surface area contributed by atoms with Crippen LogP contribution in [0.4, 0.5) is 11.8 Å². The van der Waals surface area contributed by atoms with Gasteiger partial charge in [0.2, 0.25) is 0 Å². The van der Waals surface area contributed by atoms with Gasteiger partial charge in [-0.3, -0.25) is 0 Å². The Kier molecular flexibility index (Phi) is 4.48. The summed E-state index contributed by atoms with van der Waals surface area (Å²) in [5.74, 6) is -1.12. The zero-order chi connectivity index (χ0) is 8.43. The summed E-state index contributed by atoms with van der Waals surface area (Å²) in [6, 6.07) is 0. The standard InChI is InChI=1S/C3H2N4O4.K.H/c8-6(9)2-1-4-3(5-2)7(10)11;;/h1H,(H,4,5);;/q;+1;-1. The van der Waals surface area contributed by atoms with Gasteiger partial charge in [0.05, 0.1) is 0 Å². The van der Waals surface area contributed by atoms with E-state index in [4.69, 9.17) is 0 Å². The Bertz CT molecular complexity index is 286. The maximum atomic E-state index is 9.95. The van der Waals surface area contributed by atoms with Crippen molar-refractivity contribution in [2.24, 2.45) is 0 Å². The van der Waals surface area contributed by atoms with Crippen molar-refractivity contribution in [2.75, 3.05) is 0 Å². The Morgan fingerprint density at radius 2 is 2.00 bits per heavy atom. The van der Waals surface area contributed by atoms with Crippen LogP contribution in [0.1, 0.15) is 1.43 Å². The molecule has 1 aromatic rings. The number of hydrogen-bond acceptors (Lipinski definition) is 5. The summed E-state index contributed by atoms with van der Waals surface area (Å²) >= 11 is 0. The first-order valence-corrected chi connectivity index (χ1v) is 2.45. The fourth-order valence-electron chi connectivity index (χ4n) is 0.487. The van der Waals surface area contributed by atoms with Crippen LogP contribution >= 0.6 is 0 Å². The Morgan fingerprint density at radius 3 is 2.25 bits per heavy atom. The summed E-state index contributed by atoms with van der Waals surface area (Å²) < 4.78 is 0. The molecule has 0 atom stereocenters. The van der Waals surface area contributed by atoms with Crippen LogP contribution in [0.2, 0.25) is 0 Å². The molecule has 0 aliphatic heterocycles. The number of nitrogens with one attached hydrogen (secondary N) is 1. The van der Waals surface area contributed by atoms with Crippen LogP contribution < -0.4 is 51.4 Å². The van der Waals surface area contributed by atoms with Crippen LogP contribution in [0.15, 0.2) is 6.20 Å². The molecular weight excluding hydrogens is 195 g/mol. The first-order valence-electron chi connectivity index (χ1n) is 2.45. The smallest absolute Gasteiger partial charge is 1.00 e. The van der Waals surface area contributed by atoms with Gasteiger partial charge in [0, 0.05) is 0 Å². The number of rotatable bonds is 2. The molecule has 1 rings (SSSR count). The first-order chi connectivity index (χ1) is 5.11. The second-order valence-corrected chi connectivity index (χ2v) is 1.61. The normalized spacial score (nSPS) is 8.67. The SMILES string of the molecule is O=[N+]([O-])c1cnc([N+](=O)[O-])[nH]1.[H-].[K+]. The molecule has 0 amide bonds. The zero-order valence-corrected chi connectivity index (χ0v) is 9.18. The number of aromatic nitrogens is 2. The number of nitro groups is 2. The van der Waals surface area contributed by atoms with E-state index in [-0.39, 0.29) is 52.8 Å². The molecule has 0 saturated carbocycles. The van der Waals surface area contributed by atoms with Crippen molar-refractivity contribution in [1.82, 2.24) is 9.97 Å². The van der Waals surface area contributed by atoms with E-state index in [1.165, 1.54) is 0 Å². The first kappa shape index (κ1) is 11.6.